The van der Waals surface area contributed by atoms with Gasteiger partial charge in [0.25, 0.3) is 0 Å². The van der Waals surface area contributed by atoms with Crippen molar-refractivity contribution in [1.82, 2.24) is 0 Å². The van der Waals surface area contributed by atoms with Crippen molar-refractivity contribution < 1.29 is 5.11 Å². The zero-order chi connectivity index (χ0) is 28.6. The van der Waals surface area contributed by atoms with Crippen molar-refractivity contribution in [3.8, 4) is 5.75 Å². The average molecular weight is 557 g/mol. The summed E-state index contributed by atoms with van der Waals surface area (Å²) in [4.78, 5) is 0. The molecular formula is C39H72O. The summed E-state index contributed by atoms with van der Waals surface area (Å²) in [5, 5.41) is 9.53. The number of rotatable bonds is 32. The second-order valence-electron chi connectivity index (χ2n) is 13.0. The smallest absolute Gasteiger partial charge is 0.115 e. The van der Waals surface area contributed by atoms with Gasteiger partial charge in [0.1, 0.15) is 5.75 Å². The molecule has 0 radical (unpaired) electrons. The van der Waals surface area contributed by atoms with E-state index in [9.17, 15) is 5.11 Å². The fourth-order valence-corrected chi connectivity index (χ4v) is 6.24. The van der Waals surface area contributed by atoms with Crippen LogP contribution in [0.2, 0.25) is 0 Å². The molecule has 1 nitrogen and oxygen atoms in total. The fraction of sp³-hybridized carbons (Fsp3) is 0.846. The van der Waals surface area contributed by atoms with Gasteiger partial charge in [0, 0.05) is 0 Å². The normalized spacial score (nSPS) is 11.4. The predicted octanol–water partition coefficient (Wildman–Crippen LogP) is 14.0. The highest BCUT2D eigenvalue weighted by molar-refractivity contribution is 5.27. The minimum absolute atomic E-state index is 0.401. The molecule has 0 amide bonds. The Morgan fingerprint density at radius 1 is 0.375 bits per heavy atom. The van der Waals surface area contributed by atoms with E-state index in [-0.39, 0.29) is 0 Å². The number of unbranched alkanes of at least 4 members (excludes halogenated alkanes) is 30. The predicted molar refractivity (Wildman–Crippen MR) is 181 cm³/mol. The van der Waals surface area contributed by atoms with Gasteiger partial charge in [-0.1, -0.05) is 212 Å². The minimum Gasteiger partial charge on any atom is -0.508 e. The third-order valence-electron chi connectivity index (χ3n) is 8.98. The van der Waals surface area contributed by atoms with E-state index in [1.165, 1.54) is 205 Å². The molecule has 234 valence electrons. The van der Waals surface area contributed by atoms with E-state index >= 15 is 0 Å². The number of hydrogen-bond acceptors (Lipinski definition) is 1. The first-order valence-corrected chi connectivity index (χ1v) is 18.6. The van der Waals surface area contributed by atoms with Crippen LogP contribution < -0.4 is 0 Å². The lowest BCUT2D eigenvalue weighted by molar-refractivity contribution is 0.474. The standard InChI is InChI=1S/C39H72O/c1-2-3-4-5-6-7-8-9-10-11-12-13-14-15-16-17-18-19-20-21-22-23-24-25-26-27-28-29-30-31-32-34-38-35-33-36-39(40)37-38/h33,35-37,40H,2-32,34H2,1H3. The van der Waals surface area contributed by atoms with Crippen molar-refractivity contribution in [3.05, 3.63) is 29.8 Å². The molecule has 0 aliphatic rings. The summed E-state index contributed by atoms with van der Waals surface area (Å²) in [6, 6.07) is 7.74. The summed E-state index contributed by atoms with van der Waals surface area (Å²) < 4.78 is 0. The molecule has 1 rings (SSSR count). The molecule has 0 saturated heterocycles. The van der Waals surface area contributed by atoms with Gasteiger partial charge in [-0.15, -0.1) is 0 Å². The highest BCUT2D eigenvalue weighted by Crippen LogP contribution is 2.18. The van der Waals surface area contributed by atoms with E-state index in [4.69, 9.17) is 0 Å². The van der Waals surface area contributed by atoms with Crippen LogP contribution in [0.1, 0.15) is 212 Å². The van der Waals surface area contributed by atoms with Gasteiger partial charge in [-0.2, -0.15) is 0 Å². The molecule has 0 unspecified atom stereocenters. The molecule has 0 atom stereocenters. The number of aromatic hydroxyl groups is 1. The molecule has 1 heteroatoms. The summed E-state index contributed by atoms with van der Waals surface area (Å²) >= 11 is 0. The van der Waals surface area contributed by atoms with Crippen molar-refractivity contribution in [2.75, 3.05) is 0 Å². The Morgan fingerprint density at radius 2 is 0.650 bits per heavy atom. The highest BCUT2D eigenvalue weighted by atomic mass is 16.3. The Morgan fingerprint density at radius 3 is 0.925 bits per heavy atom. The van der Waals surface area contributed by atoms with Crippen LogP contribution in [-0.2, 0) is 6.42 Å². The van der Waals surface area contributed by atoms with Gasteiger partial charge >= 0.3 is 0 Å². The number of phenolic OH excluding ortho intramolecular Hbond substituents is 1. The zero-order valence-corrected chi connectivity index (χ0v) is 27.4. The van der Waals surface area contributed by atoms with E-state index < -0.39 is 0 Å². The lowest BCUT2D eigenvalue weighted by Crippen LogP contribution is -1.86. The van der Waals surface area contributed by atoms with E-state index in [0.29, 0.717) is 5.75 Å². The van der Waals surface area contributed by atoms with Crippen LogP contribution in [0.3, 0.4) is 0 Å². The monoisotopic (exact) mass is 557 g/mol. The lowest BCUT2D eigenvalue weighted by atomic mass is 10.0. The number of aryl methyl sites for hydroxylation is 1. The topological polar surface area (TPSA) is 20.2 Å². The summed E-state index contributed by atoms with van der Waals surface area (Å²) in [5.74, 6) is 0.401. The third-order valence-corrected chi connectivity index (χ3v) is 8.98. The molecule has 1 aromatic carbocycles. The van der Waals surface area contributed by atoms with Crippen LogP contribution in [0.15, 0.2) is 24.3 Å². The summed E-state index contributed by atoms with van der Waals surface area (Å²) in [6.07, 6.45) is 46.1. The maximum absolute atomic E-state index is 9.53. The number of hydrogen-bond donors (Lipinski definition) is 1. The first-order chi connectivity index (χ1) is 19.8. The average Bonchev–Trinajstić information content (AvgIpc) is 2.96. The second kappa shape index (κ2) is 31.0. The zero-order valence-electron chi connectivity index (χ0n) is 27.4. The largest absolute Gasteiger partial charge is 0.508 e. The Labute approximate surface area is 252 Å². The molecule has 0 aromatic heterocycles. The van der Waals surface area contributed by atoms with E-state index in [0.717, 1.165) is 6.42 Å². The molecule has 1 N–H and O–H groups in total. The Balaban J connectivity index is 1.64. The van der Waals surface area contributed by atoms with Crippen molar-refractivity contribution in [3.63, 3.8) is 0 Å². The minimum atomic E-state index is 0.401. The first kappa shape index (κ1) is 37.0. The fourth-order valence-electron chi connectivity index (χ4n) is 6.24. The molecule has 1 aromatic rings. The van der Waals surface area contributed by atoms with Crippen molar-refractivity contribution in [2.45, 2.75) is 212 Å². The molecule has 0 fully saturated rings. The van der Waals surface area contributed by atoms with Gasteiger partial charge in [0.2, 0.25) is 0 Å². The maximum atomic E-state index is 9.53. The van der Waals surface area contributed by atoms with E-state index in [1.807, 2.05) is 12.1 Å². The molecule has 0 heterocycles. The van der Waals surface area contributed by atoms with Crippen LogP contribution in [-0.4, -0.2) is 5.11 Å². The highest BCUT2D eigenvalue weighted by Gasteiger charge is 1.98. The molecule has 0 aliphatic carbocycles. The SMILES string of the molecule is CCCCCCCCCCCCCCCCCCCCCCCCCCCCCCCCCc1cccc(O)c1. The summed E-state index contributed by atoms with van der Waals surface area (Å²) in [5.41, 5.74) is 1.27. The maximum Gasteiger partial charge on any atom is 0.115 e. The van der Waals surface area contributed by atoms with Crippen LogP contribution in [0.4, 0.5) is 0 Å². The number of phenols is 1. The third kappa shape index (κ3) is 27.2. The van der Waals surface area contributed by atoms with Gasteiger partial charge in [0.05, 0.1) is 0 Å². The first-order valence-electron chi connectivity index (χ1n) is 18.6. The van der Waals surface area contributed by atoms with Crippen molar-refractivity contribution in [1.29, 1.82) is 0 Å². The van der Waals surface area contributed by atoms with Gasteiger partial charge in [-0.3, -0.25) is 0 Å². The lowest BCUT2D eigenvalue weighted by Gasteiger charge is -2.05. The van der Waals surface area contributed by atoms with Gasteiger partial charge in [-0.25, -0.2) is 0 Å². The molecule has 0 aliphatic heterocycles. The molecule has 0 saturated carbocycles. The van der Waals surface area contributed by atoms with E-state index in [1.54, 1.807) is 6.07 Å². The van der Waals surface area contributed by atoms with Crippen LogP contribution in [0.25, 0.3) is 0 Å². The van der Waals surface area contributed by atoms with Crippen molar-refractivity contribution >= 4 is 0 Å². The number of benzene rings is 1. The molecule has 0 bridgehead atoms. The quantitative estimate of drug-likeness (QED) is 0.0875. The molecule has 0 spiro atoms. The Bertz CT molecular complexity index is 609. The molecule has 40 heavy (non-hydrogen) atoms. The Kier molecular flexibility index (Phi) is 28.7. The van der Waals surface area contributed by atoms with Gasteiger partial charge < -0.3 is 5.11 Å². The van der Waals surface area contributed by atoms with Gasteiger partial charge in [0.15, 0.2) is 0 Å². The van der Waals surface area contributed by atoms with E-state index in [2.05, 4.69) is 13.0 Å². The van der Waals surface area contributed by atoms with Crippen LogP contribution in [0.5, 0.6) is 5.75 Å². The van der Waals surface area contributed by atoms with Gasteiger partial charge in [-0.05, 0) is 30.5 Å². The van der Waals surface area contributed by atoms with Crippen LogP contribution in [0, 0.1) is 0 Å². The van der Waals surface area contributed by atoms with Crippen LogP contribution >= 0.6 is 0 Å². The Hall–Kier alpha value is -0.980. The summed E-state index contributed by atoms with van der Waals surface area (Å²) in [7, 11) is 0. The van der Waals surface area contributed by atoms with Crippen molar-refractivity contribution in [2.24, 2.45) is 0 Å². The molecular weight excluding hydrogens is 484 g/mol. The second-order valence-corrected chi connectivity index (χ2v) is 13.0. The summed E-state index contributed by atoms with van der Waals surface area (Å²) in [6.45, 7) is 2.31.